The van der Waals surface area contributed by atoms with Gasteiger partial charge in [0, 0.05) is 31.4 Å². The Labute approximate surface area is 186 Å². The molecular weight excluding hydrogens is 457 g/mol. The number of sulfone groups is 1. The van der Waals surface area contributed by atoms with Gasteiger partial charge in [-0.3, -0.25) is 4.79 Å². The van der Waals surface area contributed by atoms with E-state index in [-0.39, 0.29) is 29.9 Å². The minimum atomic E-state index is -3.18. The first-order valence-corrected chi connectivity index (χ1v) is 12.4. The molecule has 0 saturated carbocycles. The molecule has 0 saturated heterocycles. The zero-order chi connectivity index (χ0) is 22.9. The highest BCUT2D eigenvalue weighted by atomic mass is 32.2. The molecule has 1 amide bonds. The Morgan fingerprint density at radius 2 is 2.00 bits per heavy atom. The molecule has 1 atom stereocenters. The van der Waals surface area contributed by atoms with Crippen LogP contribution in [-0.4, -0.2) is 46.5 Å². The quantitative estimate of drug-likeness (QED) is 0.404. The smallest absolute Gasteiger partial charge is 0.245 e. The highest BCUT2D eigenvalue weighted by Crippen LogP contribution is 2.32. The first-order valence-electron chi connectivity index (χ1n) is 9.47. The summed E-state index contributed by atoms with van der Waals surface area (Å²) in [5.41, 5.74) is 2.31. The lowest BCUT2D eigenvalue weighted by molar-refractivity contribution is -0.119. The van der Waals surface area contributed by atoms with Crippen molar-refractivity contribution in [3.05, 3.63) is 59.3 Å². The van der Waals surface area contributed by atoms with E-state index in [0.29, 0.717) is 10.5 Å². The predicted molar refractivity (Wildman–Crippen MR) is 116 cm³/mol. The number of thiazole rings is 1. The van der Waals surface area contributed by atoms with Gasteiger partial charge in [0.1, 0.15) is 14.8 Å². The lowest BCUT2D eigenvalue weighted by Crippen LogP contribution is -2.27. The number of hydrogen-bond donors (Lipinski definition) is 1. The number of aryl methyl sites for hydroxylation is 1. The van der Waals surface area contributed by atoms with Gasteiger partial charge in [-0.1, -0.05) is 6.07 Å². The fourth-order valence-electron chi connectivity index (χ4n) is 2.98. The number of benzene rings is 1. The van der Waals surface area contributed by atoms with E-state index in [9.17, 15) is 17.6 Å². The van der Waals surface area contributed by atoms with E-state index in [1.54, 1.807) is 6.07 Å². The fraction of sp³-hybridized carbons (Fsp3) is 0.250. The summed E-state index contributed by atoms with van der Waals surface area (Å²) >= 11 is 1.34. The number of amides is 1. The number of halogens is 1. The lowest BCUT2D eigenvalue weighted by atomic mass is 10.1. The van der Waals surface area contributed by atoms with Crippen molar-refractivity contribution in [2.24, 2.45) is 0 Å². The van der Waals surface area contributed by atoms with Crippen LogP contribution in [0.15, 0.2) is 40.9 Å². The first kappa shape index (κ1) is 22.0. The summed E-state index contributed by atoms with van der Waals surface area (Å²) in [6.45, 7) is 1.36. The second-order valence-electron chi connectivity index (χ2n) is 7.15. The van der Waals surface area contributed by atoms with Crippen LogP contribution in [0.1, 0.15) is 29.8 Å². The van der Waals surface area contributed by atoms with Crippen molar-refractivity contribution >= 4 is 37.3 Å². The lowest BCUT2D eigenvalue weighted by Gasteiger charge is -2.10. The van der Waals surface area contributed by atoms with Gasteiger partial charge < -0.3 is 9.73 Å². The maximum absolute atomic E-state index is 13.1. The number of rotatable bonds is 7. The average molecular weight is 476 g/mol. The largest absolute Gasteiger partial charge is 0.423 e. The Balaban J connectivity index is 1.66. The maximum atomic E-state index is 13.1. The molecule has 0 bridgehead atoms. The van der Waals surface area contributed by atoms with Gasteiger partial charge in [-0.15, -0.1) is 21.5 Å². The predicted octanol–water partition coefficient (Wildman–Crippen LogP) is 2.69. The van der Waals surface area contributed by atoms with Crippen LogP contribution in [0.25, 0.3) is 21.3 Å². The van der Waals surface area contributed by atoms with E-state index in [1.807, 2.05) is 18.2 Å². The summed E-state index contributed by atoms with van der Waals surface area (Å²) in [4.78, 5) is 20.1. The number of aromatic nitrogens is 4. The van der Waals surface area contributed by atoms with Crippen LogP contribution in [0, 0.1) is 5.95 Å². The molecule has 0 aliphatic heterocycles. The van der Waals surface area contributed by atoms with E-state index >= 15 is 0 Å². The Morgan fingerprint density at radius 1 is 1.22 bits per heavy atom. The topological polar surface area (TPSA) is 128 Å². The molecule has 4 aromatic rings. The minimum Gasteiger partial charge on any atom is -0.423 e. The number of pyridine rings is 1. The van der Waals surface area contributed by atoms with Gasteiger partial charge in [0.15, 0.2) is 6.04 Å². The van der Waals surface area contributed by atoms with Crippen LogP contribution in [-0.2, 0) is 21.1 Å². The van der Waals surface area contributed by atoms with Crippen molar-refractivity contribution in [1.82, 2.24) is 25.5 Å². The highest BCUT2D eigenvalue weighted by Gasteiger charge is 2.26. The van der Waals surface area contributed by atoms with Gasteiger partial charge in [0.05, 0.1) is 16.0 Å². The number of carbonyl (C=O) groups excluding carboxylic acids is 1. The number of nitrogens with zero attached hydrogens (tertiary/aromatic N) is 4. The van der Waals surface area contributed by atoms with E-state index in [1.165, 1.54) is 30.5 Å². The molecule has 3 heterocycles. The van der Waals surface area contributed by atoms with Crippen LogP contribution in [0.4, 0.5) is 4.39 Å². The van der Waals surface area contributed by atoms with Crippen LogP contribution >= 0.6 is 11.3 Å². The monoisotopic (exact) mass is 475 g/mol. The van der Waals surface area contributed by atoms with Gasteiger partial charge in [-0.05, 0) is 29.8 Å². The van der Waals surface area contributed by atoms with Gasteiger partial charge >= 0.3 is 0 Å². The molecule has 9 nitrogen and oxygen atoms in total. The minimum absolute atomic E-state index is 0.0769. The van der Waals surface area contributed by atoms with Crippen molar-refractivity contribution in [2.75, 3.05) is 12.0 Å². The Morgan fingerprint density at radius 3 is 2.69 bits per heavy atom. The Kier molecular flexibility index (Phi) is 5.98. The van der Waals surface area contributed by atoms with Crippen molar-refractivity contribution < 1.29 is 22.0 Å². The molecule has 1 unspecified atom stereocenters. The molecule has 0 radical (unpaired) electrons. The third-order valence-electron chi connectivity index (χ3n) is 4.48. The molecule has 166 valence electrons. The summed E-state index contributed by atoms with van der Waals surface area (Å²) in [5, 5.41) is 11.2. The van der Waals surface area contributed by atoms with Crippen molar-refractivity contribution in [1.29, 1.82) is 0 Å². The van der Waals surface area contributed by atoms with Crippen LogP contribution in [0.3, 0.4) is 0 Å². The number of nitrogens with one attached hydrogen (secondary N) is 1. The fourth-order valence-corrected chi connectivity index (χ4v) is 4.58. The summed E-state index contributed by atoms with van der Waals surface area (Å²) in [6.07, 6.45) is 2.66. The zero-order valence-electron chi connectivity index (χ0n) is 17.1. The molecule has 1 aromatic carbocycles. The summed E-state index contributed by atoms with van der Waals surface area (Å²) in [6, 6.07) is 7.74. The molecule has 32 heavy (non-hydrogen) atoms. The zero-order valence-corrected chi connectivity index (χ0v) is 18.7. The molecule has 4 rings (SSSR count). The first-order chi connectivity index (χ1) is 15.2. The third kappa shape index (κ3) is 5.14. The SMILES string of the molecule is CC(=O)NC(c1nnc(CCS(C)(=O)=O)o1)c1nc2ccc(-c3ccc(F)nc3)cc2s1. The van der Waals surface area contributed by atoms with Crippen LogP contribution in [0.2, 0.25) is 0 Å². The number of carbonyl (C=O) groups is 1. The molecule has 0 aliphatic rings. The van der Waals surface area contributed by atoms with Crippen LogP contribution < -0.4 is 5.32 Å². The number of hydrogen-bond acceptors (Lipinski definition) is 9. The number of fused-ring (bicyclic) bond motifs is 1. The molecule has 0 fully saturated rings. The van der Waals surface area contributed by atoms with Crippen LogP contribution in [0.5, 0.6) is 0 Å². The molecule has 1 N–H and O–H groups in total. The molecule has 0 spiro atoms. The van der Waals surface area contributed by atoms with Gasteiger partial charge in [0.25, 0.3) is 0 Å². The van der Waals surface area contributed by atoms with Gasteiger partial charge in [-0.25, -0.2) is 18.4 Å². The highest BCUT2D eigenvalue weighted by molar-refractivity contribution is 7.90. The average Bonchev–Trinajstić information content (AvgIpc) is 3.37. The summed E-state index contributed by atoms with van der Waals surface area (Å²) < 4.78 is 42.3. The standard InChI is InChI=1S/C20H18FN5O4S2/c1-11(27)23-18(19-26-25-17(30-19)7-8-32(2,28)29)20-24-14-5-3-12(9-15(14)31-20)13-4-6-16(21)22-10-13/h3-6,9-10,18H,7-8H2,1-2H3,(H,23,27). The summed E-state index contributed by atoms with van der Waals surface area (Å²) in [7, 11) is -3.18. The Bertz CT molecular complexity index is 1380. The van der Waals surface area contributed by atoms with Gasteiger partial charge in [-0.2, -0.15) is 4.39 Å². The maximum Gasteiger partial charge on any atom is 0.245 e. The van der Waals surface area contributed by atoms with E-state index in [2.05, 4.69) is 25.5 Å². The molecule has 12 heteroatoms. The summed E-state index contributed by atoms with van der Waals surface area (Å²) in [5.74, 6) is -0.716. The van der Waals surface area contributed by atoms with Crippen molar-refractivity contribution in [2.45, 2.75) is 19.4 Å². The second kappa shape index (κ2) is 8.71. The Hall–Kier alpha value is -3.25. The third-order valence-corrected chi connectivity index (χ3v) is 6.51. The van der Waals surface area contributed by atoms with Crippen molar-refractivity contribution in [3.63, 3.8) is 0 Å². The van der Waals surface area contributed by atoms with E-state index in [0.717, 1.165) is 22.1 Å². The van der Waals surface area contributed by atoms with E-state index in [4.69, 9.17) is 4.42 Å². The van der Waals surface area contributed by atoms with Gasteiger partial charge in [0.2, 0.25) is 23.6 Å². The molecule has 3 aromatic heterocycles. The van der Waals surface area contributed by atoms with Crippen molar-refractivity contribution in [3.8, 4) is 11.1 Å². The van der Waals surface area contributed by atoms with E-state index < -0.39 is 21.8 Å². The molecule has 0 aliphatic carbocycles. The second-order valence-corrected chi connectivity index (χ2v) is 10.5. The molecular formula is C20H18FN5O4S2. The normalized spacial score (nSPS) is 12.7.